The maximum Gasteiger partial charge on any atom is 0.239 e. The number of hydrogen-bond donors (Lipinski definition) is 4. The van der Waals surface area contributed by atoms with Crippen LogP contribution in [0.4, 0.5) is 11.5 Å². The standard InChI is InChI=1S/C20H22N8O/c29-17(10-22-16-5-1-3-13-9-25-27-18(13)16)26-14-4-2-8-28(11-14)20-15-6-7-21-19(15)23-12-24-20/h1,3,5-7,9,12,14,22H,2,4,8,10-11H2,(H,25,27)(H,26,29)(H,21,23,24)/t14-/m0/s1. The molecule has 0 unspecified atom stereocenters. The molecule has 1 saturated heterocycles. The van der Waals surface area contributed by atoms with Gasteiger partial charge in [-0.05, 0) is 25.0 Å². The molecule has 0 bridgehead atoms. The van der Waals surface area contributed by atoms with Crippen molar-refractivity contribution in [1.29, 1.82) is 0 Å². The fraction of sp³-hybridized carbons (Fsp3) is 0.300. The highest BCUT2D eigenvalue weighted by atomic mass is 16.2. The molecular weight excluding hydrogens is 368 g/mol. The number of para-hydroxylation sites is 1. The van der Waals surface area contributed by atoms with E-state index in [1.807, 2.05) is 30.5 Å². The molecule has 1 aliphatic rings. The normalized spacial score (nSPS) is 17.0. The number of hydrogen-bond acceptors (Lipinski definition) is 6. The number of aromatic amines is 2. The number of H-pyrrole nitrogens is 2. The largest absolute Gasteiger partial charge is 0.374 e. The molecule has 0 radical (unpaired) electrons. The van der Waals surface area contributed by atoms with Crippen molar-refractivity contribution >= 4 is 39.3 Å². The zero-order valence-electron chi connectivity index (χ0n) is 15.9. The smallest absolute Gasteiger partial charge is 0.239 e. The number of carbonyl (C=O) groups is 1. The molecule has 148 valence electrons. The predicted molar refractivity (Wildman–Crippen MR) is 112 cm³/mol. The minimum atomic E-state index is -0.0251. The zero-order chi connectivity index (χ0) is 19.6. The first-order valence-electron chi connectivity index (χ1n) is 9.76. The second kappa shape index (κ2) is 7.42. The van der Waals surface area contributed by atoms with Crippen molar-refractivity contribution in [1.82, 2.24) is 30.5 Å². The molecule has 4 N–H and O–H groups in total. The van der Waals surface area contributed by atoms with E-state index in [1.165, 1.54) is 0 Å². The van der Waals surface area contributed by atoms with Crippen molar-refractivity contribution < 1.29 is 4.79 Å². The Bertz CT molecular complexity index is 1150. The first-order valence-corrected chi connectivity index (χ1v) is 9.76. The van der Waals surface area contributed by atoms with E-state index < -0.39 is 0 Å². The second-order valence-electron chi connectivity index (χ2n) is 7.28. The highest BCUT2D eigenvalue weighted by Gasteiger charge is 2.23. The summed E-state index contributed by atoms with van der Waals surface area (Å²) in [6.45, 7) is 1.87. The molecule has 1 fully saturated rings. The minimum absolute atomic E-state index is 0.0251. The van der Waals surface area contributed by atoms with E-state index in [0.29, 0.717) is 0 Å². The lowest BCUT2D eigenvalue weighted by Crippen LogP contribution is -2.49. The van der Waals surface area contributed by atoms with Gasteiger partial charge in [0.2, 0.25) is 5.91 Å². The molecule has 0 saturated carbocycles. The van der Waals surface area contributed by atoms with Crippen molar-refractivity contribution in [2.24, 2.45) is 0 Å². The first kappa shape index (κ1) is 17.5. The highest BCUT2D eigenvalue weighted by molar-refractivity contribution is 5.92. The van der Waals surface area contributed by atoms with Crippen molar-refractivity contribution in [2.75, 3.05) is 29.9 Å². The van der Waals surface area contributed by atoms with Crippen molar-refractivity contribution in [3.05, 3.63) is 43.0 Å². The first-order chi connectivity index (χ1) is 14.3. The molecule has 1 aliphatic heterocycles. The summed E-state index contributed by atoms with van der Waals surface area (Å²) < 4.78 is 0. The molecule has 3 aromatic heterocycles. The average molecular weight is 390 g/mol. The average Bonchev–Trinajstić information content (AvgIpc) is 3.41. The maximum absolute atomic E-state index is 12.5. The number of benzene rings is 1. The molecule has 9 nitrogen and oxygen atoms in total. The maximum atomic E-state index is 12.5. The Labute approximate surface area is 166 Å². The van der Waals surface area contributed by atoms with Gasteiger partial charge in [-0.3, -0.25) is 9.89 Å². The van der Waals surface area contributed by atoms with E-state index in [0.717, 1.165) is 59.4 Å². The van der Waals surface area contributed by atoms with Crippen LogP contribution >= 0.6 is 0 Å². The zero-order valence-corrected chi connectivity index (χ0v) is 15.9. The molecule has 0 spiro atoms. The van der Waals surface area contributed by atoms with Gasteiger partial charge in [-0.2, -0.15) is 5.10 Å². The van der Waals surface area contributed by atoms with Gasteiger partial charge in [-0.15, -0.1) is 0 Å². The number of rotatable bonds is 5. The Morgan fingerprint density at radius 1 is 1.28 bits per heavy atom. The summed E-state index contributed by atoms with van der Waals surface area (Å²) in [5.74, 6) is 0.891. The van der Waals surface area contributed by atoms with Crippen molar-refractivity contribution in [3.8, 4) is 0 Å². The molecule has 5 rings (SSSR count). The minimum Gasteiger partial charge on any atom is -0.374 e. The van der Waals surface area contributed by atoms with E-state index >= 15 is 0 Å². The van der Waals surface area contributed by atoms with E-state index in [2.05, 4.69) is 40.7 Å². The fourth-order valence-corrected chi connectivity index (χ4v) is 3.97. The van der Waals surface area contributed by atoms with Crippen LogP contribution in [0.5, 0.6) is 0 Å². The third kappa shape index (κ3) is 3.46. The third-order valence-electron chi connectivity index (χ3n) is 5.34. The summed E-state index contributed by atoms with van der Waals surface area (Å²) in [6.07, 6.45) is 7.18. The Morgan fingerprint density at radius 3 is 3.21 bits per heavy atom. The number of fused-ring (bicyclic) bond motifs is 2. The van der Waals surface area contributed by atoms with Crippen LogP contribution < -0.4 is 15.5 Å². The number of nitrogens with one attached hydrogen (secondary N) is 4. The van der Waals surface area contributed by atoms with Crippen LogP contribution in [0, 0.1) is 0 Å². The predicted octanol–water partition coefficient (Wildman–Crippen LogP) is 2.03. The van der Waals surface area contributed by atoms with E-state index in [-0.39, 0.29) is 18.5 Å². The van der Waals surface area contributed by atoms with Crippen LogP contribution in [0.2, 0.25) is 0 Å². The lowest BCUT2D eigenvalue weighted by atomic mass is 10.1. The second-order valence-corrected chi connectivity index (χ2v) is 7.28. The summed E-state index contributed by atoms with van der Waals surface area (Å²) in [7, 11) is 0. The molecule has 1 atom stereocenters. The molecule has 29 heavy (non-hydrogen) atoms. The fourth-order valence-electron chi connectivity index (χ4n) is 3.97. The van der Waals surface area contributed by atoms with Crippen molar-refractivity contribution in [2.45, 2.75) is 18.9 Å². The molecule has 1 amide bonds. The SMILES string of the molecule is O=C(CNc1cccc2cn[nH]c12)N[C@H]1CCCN(c2ncnc3[nH]ccc23)C1. The number of amides is 1. The van der Waals surface area contributed by atoms with Crippen LogP contribution in [0.15, 0.2) is 43.0 Å². The van der Waals surface area contributed by atoms with Gasteiger partial charge in [-0.25, -0.2) is 9.97 Å². The Kier molecular flexibility index (Phi) is 4.47. The summed E-state index contributed by atoms with van der Waals surface area (Å²) in [4.78, 5) is 26.6. The van der Waals surface area contributed by atoms with E-state index in [4.69, 9.17) is 0 Å². The van der Waals surface area contributed by atoms with Gasteiger partial charge >= 0.3 is 0 Å². The van der Waals surface area contributed by atoms with Gasteiger partial charge in [0, 0.05) is 30.7 Å². The molecule has 0 aliphatic carbocycles. The number of piperidine rings is 1. The van der Waals surface area contributed by atoms with Gasteiger partial charge in [0.15, 0.2) is 0 Å². The Morgan fingerprint density at radius 2 is 2.24 bits per heavy atom. The number of aromatic nitrogens is 5. The molecule has 4 heterocycles. The Hall–Kier alpha value is -3.62. The summed E-state index contributed by atoms with van der Waals surface area (Å²) in [6, 6.07) is 7.95. The summed E-state index contributed by atoms with van der Waals surface area (Å²) in [5.41, 5.74) is 2.61. The van der Waals surface area contributed by atoms with Crippen molar-refractivity contribution in [3.63, 3.8) is 0 Å². The van der Waals surface area contributed by atoms with Crippen LogP contribution in [0.1, 0.15) is 12.8 Å². The van der Waals surface area contributed by atoms with Gasteiger partial charge in [-0.1, -0.05) is 12.1 Å². The molecular formula is C20H22N8O. The highest BCUT2D eigenvalue weighted by Crippen LogP contribution is 2.25. The van der Waals surface area contributed by atoms with Gasteiger partial charge in [0.25, 0.3) is 0 Å². The van der Waals surface area contributed by atoms with Gasteiger partial charge in [0.05, 0.1) is 29.3 Å². The van der Waals surface area contributed by atoms with Gasteiger partial charge in [0.1, 0.15) is 17.8 Å². The van der Waals surface area contributed by atoms with Crippen LogP contribution in [-0.4, -0.2) is 56.7 Å². The van der Waals surface area contributed by atoms with Gasteiger partial charge < -0.3 is 20.5 Å². The van der Waals surface area contributed by atoms with Crippen LogP contribution in [-0.2, 0) is 4.79 Å². The molecule has 4 aromatic rings. The lowest BCUT2D eigenvalue weighted by molar-refractivity contribution is -0.120. The number of anilines is 2. The summed E-state index contributed by atoms with van der Waals surface area (Å²) in [5, 5.41) is 15.4. The number of nitrogens with zero attached hydrogens (tertiary/aromatic N) is 4. The Balaban J connectivity index is 1.22. The van der Waals surface area contributed by atoms with Crippen LogP contribution in [0.3, 0.4) is 0 Å². The number of carbonyl (C=O) groups excluding carboxylic acids is 1. The van der Waals surface area contributed by atoms with E-state index in [9.17, 15) is 4.79 Å². The quantitative estimate of drug-likeness (QED) is 0.415. The lowest BCUT2D eigenvalue weighted by Gasteiger charge is -2.34. The molecule has 9 heteroatoms. The monoisotopic (exact) mass is 390 g/mol. The third-order valence-corrected chi connectivity index (χ3v) is 5.34. The molecule has 1 aromatic carbocycles. The van der Waals surface area contributed by atoms with E-state index in [1.54, 1.807) is 12.5 Å². The van der Waals surface area contributed by atoms with Crippen LogP contribution in [0.25, 0.3) is 21.9 Å². The topological polar surface area (TPSA) is 115 Å². The summed E-state index contributed by atoms with van der Waals surface area (Å²) >= 11 is 0.